The second kappa shape index (κ2) is 11.2. The van der Waals surface area contributed by atoms with Gasteiger partial charge in [-0.25, -0.2) is 0 Å². The molecule has 1 amide bonds. The van der Waals surface area contributed by atoms with Crippen molar-refractivity contribution in [3.8, 4) is 0 Å². The lowest BCUT2D eigenvalue weighted by molar-refractivity contribution is -0.122. The van der Waals surface area contributed by atoms with Crippen molar-refractivity contribution in [2.24, 2.45) is 10.9 Å². The van der Waals surface area contributed by atoms with Crippen molar-refractivity contribution < 1.29 is 4.79 Å². The number of rotatable bonds is 7. The molecule has 0 saturated carbocycles. The Bertz CT molecular complexity index is 968. The molecule has 2 aromatic rings. The third kappa shape index (κ3) is 6.16. The number of fused-ring (bicyclic) bond motifs is 1. The number of hydrogen-bond acceptors (Lipinski definition) is 6. The number of piperazine rings is 1. The van der Waals surface area contributed by atoms with Crippen LogP contribution in [0.4, 0.5) is 0 Å². The Hall–Kier alpha value is -2.35. The van der Waals surface area contributed by atoms with Gasteiger partial charge in [-0.3, -0.25) is 24.6 Å². The maximum absolute atomic E-state index is 12.7. The van der Waals surface area contributed by atoms with E-state index in [4.69, 9.17) is 0 Å². The summed E-state index contributed by atoms with van der Waals surface area (Å²) in [6.45, 7) is 10.7. The number of likely N-dealkylation sites (tertiary alicyclic amines) is 1. The normalized spacial score (nSPS) is 23.4. The van der Waals surface area contributed by atoms with E-state index in [9.17, 15) is 4.79 Å². The third-order valence-electron chi connectivity index (χ3n) is 6.99. The molecule has 3 heterocycles. The standard InChI is InChI=1S/C26H38N6O/c1-20-15-22(23-7-6-21(16-27-2)26-24(23)5-4-8-29-26)18-32(17-20)19-25(33)28-9-10-31-13-11-30(3)12-14-31/h4-8,16,20,22H,9-15,17-19H2,1-3H3,(H,28,33)/b27-16-/t20-,22+/m1/s1. The average Bonchev–Trinajstić information content (AvgIpc) is 2.80. The van der Waals surface area contributed by atoms with Crippen LogP contribution in [0.5, 0.6) is 0 Å². The Morgan fingerprint density at radius 2 is 2.00 bits per heavy atom. The van der Waals surface area contributed by atoms with Gasteiger partial charge in [0.1, 0.15) is 0 Å². The fourth-order valence-corrected chi connectivity index (χ4v) is 5.32. The van der Waals surface area contributed by atoms with E-state index in [0.717, 1.165) is 69.9 Å². The second-order valence-electron chi connectivity index (χ2n) is 9.76. The molecule has 0 spiro atoms. The number of likely N-dealkylation sites (N-methyl/N-ethyl adjacent to an activating group) is 1. The number of piperidine rings is 1. The first-order chi connectivity index (χ1) is 16.0. The van der Waals surface area contributed by atoms with E-state index in [2.05, 4.69) is 62.2 Å². The molecule has 1 aromatic heterocycles. The monoisotopic (exact) mass is 450 g/mol. The molecule has 2 atom stereocenters. The number of aromatic nitrogens is 1. The zero-order valence-corrected chi connectivity index (χ0v) is 20.3. The molecule has 7 nitrogen and oxygen atoms in total. The molecule has 178 valence electrons. The highest BCUT2D eigenvalue weighted by Crippen LogP contribution is 2.34. The van der Waals surface area contributed by atoms with Gasteiger partial charge in [-0.1, -0.05) is 25.1 Å². The molecule has 4 rings (SSSR count). The number of pyridine rings is 1. The van der Waals surface area contributed by atoms with Gasteiger partial charge in [0, 0.05) is 82.8 Å². The van der Waals surface area contributed by atoms with Crippen molar-refractivity contribution in [2.75, 3.05) is 73.0 Å². The molecule has 1 N–H and O–H groups in total. The molecule has 0 bridgehead atoms. The molecule has 2 aliphatic rings. The van der Waals surface area contributed by atoms with Crippen LogP contribution in [-0.4, -0.2) is 105 Å². The van der Waals surface area contributed by atoms with Gasteiger partial charge in [0.15, 0.2) is 0 Å². The highest BCUT2D eigenvalue weighted by molar-refractivity contribution is 5.99. The van der Waals surface area contributed by atoms with Gasteiger partial charge in [0.25, 0.3) is 0 Å². The maximum atomic E-state index is 12.7. The number of carbonyl (C=O) groups is 1. The Morgan fingerprint density at radius 3 is 2.79 bits per heavy atom. The summed E-state index contributed by atoms with van der Waals surface area (Å²) in [7, 11) is 3.96. The first-order valence-corrected chi connectivity index (χ1v) is 12.2. The van der Waals surface area contributed by atoms with Crippen LogP contribution >= 0.6 is 0 Å². The Labute approximate surface area is 197 Å². The number of hydrogen-bond donors (Lipinski definition) is 1. The van der Waals surface area contributed by atoms with Crippen LogP contribution in [0.15, 0.2) is 35.5 Å². The van der Waals surface area contributed by atoms with E-state index in [0.29, 0.717) is 18.4 Å². The van der Waals surface area contributed by atoms with Gasteiger partial charge in [-0.15, -0.1) is 0 Å². The van der Waals surface area contributed by atoms with Gasteiger partial charge < -0.3 is 10.2 Å². The molecule has 2 aliphatic heterocycles. The van der Waals surface area contributed by atoms with Gasteiger partial charge in [0.2, 0.25) is 5.91 Å². The van der Waals surface area contributed by atoms with Crippen molar-refractivity contribution in [2.45, 2.75) is 19.3 Å². The molecular formula is C26H38N6O. The minimum Gasteiger partial charge on any atom is -0.354 e. The summed E-state index contributed by atoms with van der Waals surface area (Å²) < 4.78 is 0. The Kier molecular flexibility index (Phi) is 8.06. The van der Waals surface area contributed by atoms with Crippen LogP contribution in [0.25, 0.3) is 10.9 Å². The molecule has 2 fully saturated rings. The van der Waals surface area contributed by atoms with Crippen LogP contribution in [0.3, 0.4) is 0 Å². The number of amides is 1. The minimum atomic E-state index is 0.137. The molecule has 0 aliphatic carbocycles. The van der Waals surface area contributed by atoms with Crippen molar-refractivity contribution in [3.63, 3.8) is 0 Å². The van der Waals surface area contributed by atoms with Crippen molar-refractivity contribution >= 4 is 23.0 Å². The lowest BCUT2D eigenvalue weighted by Crippen LogP contribution is -2.48. The zero-order valence-electron chi connectivity index (χ0n) is 20.3. The fourth-order valence-electron chi connectivity index (χ4n) is 5.32. The summed E-state index contributed by atoms with van der Waals surface area (Å²) in [4.78, 5) is 28.6. The van der Waals surface area contributed by atoms with Crippen molar-refractivity contribution in [1.29, 1.82) is 0 Å². The van der Waals surface area contributed by atoms with Gasteiger partial charge in [-0.2, -0.15) is 0 Å². The predicted octanol–water partition coefficient (Wildman–Crippen LogP) is 2.07. The predicted molar refractivity (Wildman–Crippen MR) is 135 cm³/mol. The summed E-state index contributed by atoms with van der Waals surface area (Å²) in [5.41, 5.74) is 3.39. The summed E-state index contributed by atoms with van der Waals surface area (Å²) in [6, 6.07) is 8.54. The number of aliphatic imine (C=N–C) groups is 1. The first kappa shape index (κ1) is 23.8. The molecule has 33 heavy (non-hydrogen) atoms. The van der Waals surface area contributed by atoms with Gasteiger partial charge in [-0.05, 0) is 36.9 Å². The summed E-state index contributed by atoms with van der Waals surface area (Å²) in [5.74, 6) is 1.08. The van der Waals surface area contributed by atoms with Crippen LogP contribution in [0, 0.1) is 5.92 Å². The summed E-state index contributed by atoms with van der Waals surface area (Å²) >= 11 is 0. The SMILES string of the molecule is C/N=C\c1ccc([C@H]2C[C@@H](C)CN(CC(=O)NCCN3CCN(C)CC3)C2)c2cccnc12. The molecule has 1 aromatic carbocycles. The number of carbonyl (C=O) groups excluding carboxylic acids is 1. The van der Waals surface area contributed by atoms with E-state index in [1.807, 2.05) is 18.5 Å². The quantitative estimate of drug-likeness (QED) is 0.655. The Morgan fingerprint density at radius 1 is 1.18 bits per heavy atom. The molecule has 7 heteroatoms. The highest BCUT2D eigenvalue weighted by Gasteiger charge is 2.28. The van der Waals surface area contributed by atoms with Gasteiger partial charge >= 0.3 is 0 Å². The number of nitrogens with zero attached hydrogens (tertiary/aromatic N) is 5. The van der Waals surface area contributed by atoms with E-state index in [-0.39, 0.29) is 5.91 Å². The topological polar surface area (TPSA) is 64.1 Å². The lowest BCUT2D eigenvalue weighted by Gasteiger charge is -2.37. The first-order valence-electron chi connectivity index (χ1n) is 12.2. The largest absolute Gasteiger partial charge is 0.354 e. The van der Waals surface area contributed by atoms with E-state index in [1.165, 1.54) is 10.9 Å². The summed E-state index contributed by atoms with van der Waals surface area (Å²) in [6.07, 6.45) is 4.86. The highest BCUT2D eigenvalue weighted by atomic mass is 16.2. The second-order valence-corrected chi connectivity index (χ2v) is 9.76. The third-order valence-corrected chi connectivity index (χ3v) is 6.99. The lowest BCUT2D eigenvalue weighted by atomic mass is 9.83. The van der Waals surface area contributed by atoms with Crippen LogP contribution < -0.4 is 5.32 Å². The number of benzene rings is 1. The average molecular weight is 451 g/mol. The maximum Gasteiger partial charge on any atom is 0.234 e. The van der Waals surface area contributed by atoms with Crippen molar-refractivity contribution in [3.05, 3.63) is 41.6 Å². The van der Waals surface area contributed by atoms with Crippen LogP contribution in [-0.2, 0) is 4.79 Å². The van der Waals surface area contributed by atoms with Crippen LogP contribution in [0.1, 0.15) is 30.4 Å². The molecule has 0 radical (unpaired) electrons. The van der Waals surface area contributed by atoms with E-state index < -0.39 is 0 Å². The number of nitrogens with one attached hydrogen (secondary N) is 1. The molecular weight excluding hydrogens is 412 g/mol. The smallest absolute Gasteiger partial charge is 0.234 e. The Balaban J connectivity index is 1.36. The molecule has 0 unspecified atom stereocenters. The zero-order chi connectivity index (χ0) is 23.2. The van der Waals surface area contributed by atoms with Crippen molar-refractivity contribution in [1.82, 2.24) is 25.0 Å². The van der Waals surface area contributed by atoms with E-state index >= 15 is 0 Å². The fraction of sp³-hybridized carbons (Fsp3) is 0.577. The van der Waals surface area contributed by atoms with E-state index in [1.54, 1.807) is 7.05 Å². The minimum absolute atomic E-state index is 0.137. The van der Waals surface area contributed by atoms with Gasteiger partial charge in [0.05, 0.1) is 12.1 Å². The van der Waals surface area contributed by atoms with Crippen LogP contribution in [0.2, 0.25) is 0 Å². The summed E-state index contributed by atoms with van der Waals surface area (Å²) in [5, 5.41) is 4.35. The molecule has 2 saturated heterocycles.